The van der Waals surface area contributed by atoms with Gasteiger partial charge in [-0.15, -0.1) is 11.6 Å². The summed E-state index contributed by atoms with van der Waals surface area (Å²) in [5.41, 5.74) is 2.24. The van der Waals surface area contributed by atoms with Crippen LogP contribution >= 0.6 is 11.6 Å². The highest BCUT2D eigenvalue weighted by Crippen LogP contribution is 2.31. The van der Waals surface area contributed by atoms with Crippen molar-refractivity contribution in [2.75, 3.05) is 0 Å². The first-order valence-electron chi connectivity index (χ1n) is 6.62. The summed E-state index contributed by atoms with van der Waals surface area (Å²) < 4.78 is 0. The number of benzene rings is 1. The number of halogens is 1. The quantitative estimate of drug-likeness (QED) is 0.830. The molecule has 2 nitrogen and oxygen atoms in total. The van der Waals surface area contributed by atoms with Crippen molar-refractivity contribution in [3.05, 3.63) is 35.4 Å². The predicted molar refractivity (Wildman–Crippen MR) is 74.4 cm³/mol. The molecule has 0 spiro atoms. The van der Waals surface area contributed by atoms with Gasteiger partial charge in [0.05, 0.1) is 0 Å². The molecule has 1 aromatic rings. The van der Waals surface area contributed by atoms with E-state index in [1.807, 2.05) is 24.3 Å². The molecule has 0 aromatic heterocycles. The van der Waals surface area contributed by atoms with Gasteiger partial charge in [-0.1, -0.05) is 37.6 Å². The number of nitrogens with one attached hydrogen (secondary N) is 1. The minimum atomic E-state index is 0.210. The van der Waals surface area contributed by atoms with Crippen LogP contribution in [0.2, 0.25) is 0 Å². The SMILES string of the molecule is CC1CCCC1C(=O)NCc1ccc(CCl)cc1. The van der Waals surface area contributed by atoms with Crippen molar-refractivity contribution in [2.45, 2.75) is 38.6 Å². The Kier molecular flexibility index (Phi) is 4.65. The van der Waals surface area contributed by atoms with Gasteiger partial charge in [0.1, 0.15) is 0 Å². The number of alkyl halides is 1. The van der Waals surface area contributed by atoms with E-state index in [1.54, 1.807) is 0 Å². The Balaban J connectivity index is 1.85. The lowest BCUT2D eigenvalue weighted by Crippen LogP contribution is -2.31. The molecule has 2 rings (SSSR count). The molecule has 1 aliphatic carbocycles. The van der Waals surface area contributed by atoms with Gasteiger partial charge in [-0.25, -0.2) is 0 Å². The maximum atomic E-state index is 12.0. The standard InChI is InChI=1S/C15H20ClNO/c1-11-3-2-4-14(11)15(18)17-10-13-7-5-12(9-16)6-8-13/h5-8,11,14H,2-4,9-10H2,1H3,(H,17,18). The fourth-order valence-corrected chi connectivity index (χ4v) is 2.78. The lowest BCUT2D eigenvalue weighted by molar-refractivity contribution is -0.126. The molecule has 1 amide bonds. The Morgan fingerprint density at radius 2 is 1.94 bits per heavy atom. The molecule has 2 atom stereocenters. The largest absolute Gasteiger partial charge is 0.352 e. The normalized spacial score (nSPS) is 23.0. The van der Waals surface area contributed by atoms with Crippen LogP contribution in [0.5, 0.6) is 0 Å². The second-order valence-corrected chi connectivity index (χ2v) is 5.45. The third-order valence-electron chi connectivity index (χ3n) is 3.84. The van der Waals surface area contributed by atoms with Crippen molar-refractivity contribution >= 4 is 17.5 Å². The van der Waals surface area contributed by atoms with Gasteiger partial charge in [-0.3, -0.25) is 4.79 Å². The summed E-state index contributed by atoms with van der Waals surface area (Å²) in [6, 6.07) is 8.06. The number of amides is 1. The van der Waals surface area contributed by atoms with Crippen LogP contribution in [0.25, 0.3) is 0 Å². The lowest BCUT2D eigenvalue weighted by Gasteiger charge is -2.15. The van der Waals surface area contributed by atoms with Crippen LogP contribution in [0.15, 0.2) is 24.3 Å². The van der Waals surface area contributed by atoms with Crippen LogP contribution in [0.3, 0.4) is 0 Å². The Bertz CT molecular complexity index is 401. The van der Waals surface area contributed by atoms with Crippen molar-refractivity contribution in [2.24, 2.45) is 11.8 Å². The van der Waals surface area contributed by atoms with Gasteiger partial charge in [0.2, 0.25) is 5.91 Å². The number of hydrogen-bond acceptors (Lipinski definition) is 1. The van der Waals surface area contributed by atoms with Crippen molar-refractivity contribution in [1.29, 1.82) is 0 Å². The number of carbonyl (C=O) groups is 1. The summed E-state index contributed by atoms with van der Waals surface area (Å²) in [5, 5.41) is 3.04. The van der Waals surface area contributed by atoms with Gasteiger partial charge < -0.3 is 5.32 Å². The summed E-state index contributed by atoms with van der Waals surface area (Å²) in [7, 11) is 0. The summed E-state index contributed by atoms with van der Waals surface area (Å²) in [6.07, 6.45) is 3.41. The van der Waals surface area contributed by atoms with E-state index in [2.05, 4.69) is 12.2 Å². The van der Waals surface area contributed by atoms with E-state index in [0.29, 0.717) is 18.3 Å². The minimum absolute atomic E-state index is 0.210. The van der Waals surface area contributed by atoms with Crippen LogP contribution < -0.4 is 5.32 Å². The van der Waals surface area contributed by atoms with Gasteiger partial charge >= 0.3 is 0 Å². The second-order valence-electron chi connectivity index (χ2n) is 5.18. The molecule has 0 heterocycles. The van der Waals surface area contributed by atoms with E-state index in [1.165, 1.54) is 12.8 Å². The Hall–Kier alpha value is -1.02. The molecular formula is C15H20ClNO. The molecule has 0 saturated heterocycles. The van der Waals surface area contributed by atoms with Crippen LogP contribution in [0.1, 0.15) is 37.3 Å². The van der Waals surface area contributed by atoms with Crippen molar-refractivity contribution in [3.8, 4) is 0 Å². The molecule has 3 heteroatoms. The highest BCUT2D eigenvalue weighted by atomic mass is 35.5. The topological polar surface area (TPSA) is 29.1 Å². The van der Waals surface area contributed by atoms with E-state index in [-0.39, 0.29) is 11.8 Å². The molecule has 1 aliphatic rings. The summed E-state index contributed by atoms with van der Waals surface area (Å²) in [5.74, 6) is 1.49. The summed E-state index contributed by atoms with van der Waals surface area (Å²) in [6.45, 7) is 2.79. The van der Waals surface area contributed by atoms with E-state index in [4.69, 9.17) is 11.6 Å². The average Bonchev–Trinajstić information content (AvgIpc) is 2.83. The maximum absolute atomic E-state index is 12.0. The zero-order chi connectivity index (χ0) is 13.0. The third kappa shape index (κ3) is 3.26. The predicted octanol–water partition coefficient (Wildman–Crippen LogP) is 3.48. The summed E-state index contributed by atoms with van der Waals surface area (Å²) in [4.78, 5) is 12.0. The smallest absolute Gasteiger partial charge is 0.223 e. The van der Waals surface area contributed by atoms with E-state index in [9.17, 15) is 4.79 Å². The van der Waals surface area contributed by atoms with E-state index < -0.39 is 0 Å². The molecule has 18 heavy (non-hydrogen) atoms. The molecule has 0 radical (unpaired) electrons. The van der Waals surface area contributed by atoms with Crippen molar-refractivity contribution < 1.29 is 4.79 Å². The molecule has 1 N–H and O–H groups in total. The molecule has 0 bridgehead atoms. The number of carbonyl (C=O) groups excluding carboxylic acids is 1. The zero-order valence-electron chi connectivity index (χ0n) is 10.8. The van der Waals surface area contributed by atoms with Gasteiger partial charge in [-0.05, 0) is 29.9 Å². The lowest BCUT2D eigenvalue weighted by atomic mass is 9.97. The Morgan fingerprint density at radius 1 is 1.28 bits per heavy atom. The molecule has 0 aliphatic heterocycles. The van der Waals surface area contributed by atoms with Crippen LogP contribution in [0.4, 0.5) is 0 Å². The Morgan fingerprint density at radius 3 is 2.50 bits per heavy atom. The Labute approximate surface area is 114 Å². The van der Waals surface area contributed by atoms with Gasteiger partial charge in [0.15, 0.2) is 0 Å². The molecule has 1 aromatic carbocycles. The van der Waals surface area contributed by atoms with Gasteiger partial charge in [0.25, 0.3) is 0 Å². The molecule has 98 valence electrons. The van der Waals surface area contributed by atoms with Gasteiger partial charge in [0, 0.05) is 18.3 Å². The van der Waals surface area contributed by atoms with E-state index in [0.717, 1.165) is 17.5 Å². The molecule has 1 fully saturated rings. The highest BCUT2D eigenvalue weighted by molar-refractivity contribution is 6.17. The first kappa shape index (κ1) is 13.4. The van der Waals surface area contributed by atoms with Crippen LogP contribution in [-0.4, -0.2) is 5.91 Å². The maximum Gasteiger partial charge on any atom is 0.223 e. The number of rotatable bonds is 4. The average molecular weight is 266 g/mol. The molecule has 2 unspecified atom stereocenters. The van der Waals surface area contributed by atoms with Gasteiger partial charge in [-0.2, -0.15) is 0 Å². The second kappa shape index (κ2) is 6.24. The highest BCUT2D eigenvalue weighted by Gasteiger charge is 2.29. The molecule has 1 saturated carbocycles. The third-order valence-corrected chi connectivity index (χ3v) is 4.15. The van der Waals surface area contributed by atoms with Crippen molar-refractivity contribution in [1.82, 2.24) is 5.32 Å². The fourth-order valence-electron chi connectivity index (χ4n) is 2.60. The van der Waals surface area contributed by atoms with E-state index >= 15 is 0 Å². The first-order valence-corrected chi connectivity index (χ1v) is 7.15. The van der Waals surface area contributed by atoms with Crippen molar-refractivity contribution in [3.63, 3.8) is 0 Å². The minimum Gasteiger partial charge on any atom is -0.352 e. The monoisotopic (exact) mass is 265 g/mol. The number of hydrogen-bond donors (Lipinski definition) is 1. The van der Waals surface area contributed by atoms with Crippen LogP contribution in [-0.2, 0) is 17.2 Å². The van der Waals surface area contributed by atoms with Crippen LogP contribution in [0, 0.1) is 11.8 Å². The summed E-state index contributed by atoms with van der Waals surface area (Å²) >= 11 is 5.74. The molecular weight excluding hydrogens is 246 g/mol. The fraction of sp³-hybridized carbons (Fsp3) is 0.533. The first-order chi connectivity index (χ1) is 8.70. The zero-order valence-corrected chi connectivity index (χ0v) is 11.5.